The Morgan fingerprint density at radius 2 is 1.62 bits per heavy atom. The van der Waals surface area contributed by atoms with E-state index in [1.54, 1.807) is 31.2 Å². The lowest BCUT2D eigenvalue weighted by Crippen LogP contribution is -2.48. The number of rotatable bonds is 12. The number of carbonyl (C=O) groups excluding carboxylic acids is 2. The number of sulfonamides is 1. The molecular weight excluding hydrogens is 533 g/mol. The van der Waals surface area contributed by atoms with Crippen molar-refractivity contribution in [2.75, 3.05) is 23.7 Å². The van der Waals surface area contributed by atoms with E-state index in [1.165, 1.54) is 9.21 Å². The topological polar surface area (TPSA) is 86.8 Å². The Morgan fingerprint density at radius 1 is 1.00 bits per heavy atom. The fraction of sp³-hybridized carbons (Fsp3) is 0.481. The van der Waals surface area contributed by atoms with Gasteiger partial charge in [-0.25, -0.2) is 8.42 Å². The van der Waals surface area contributed by atoms with Crippen LogP contribution in [0.3, 0.4) is 0 Å². The number of halogens is 2. The molecule has 1 atom stereocenters. The number of hydrogen-bond acceptors (Lipinski definition) is 4. The number of aryl methyl sites for hydroxylation is 2. The van der Waals surface area contributed by atoms with Crippen LogP contribution >= 0.6 is 23.2 Å². The summed E-state index contributed by atoms with van der Waals surface area (Å²) in [4.78, 5) is 27.7. The van der Waals surface area contributed by atoms with Gasteiger partial charge in [-0.1, -0.05) is 49.2 Å². The molecule has 7 nitrogen and oxygen atoms in total. The van der Waals surface area contributed by atoms with Gasteiger partial charge in [-0.05, 0) is 68.5 Å². The zero-order chi connectivity index (χ0) is 27.9. The maximum atomic E-state index is 13.4. The molecule has 10 heteroatoms. The number of hydrogen-bond donors (Lipinski definition) is 1. The number of anilines is 1. The van der Waals surface area contributed by atoms with Crippen molar-refractivity contribution < 1.29 is 18.0 Å². The molecule has 0 aromatic heterocycles. The summed E-state index contributed by atoms with van der Waals surface area (Å²) in [5.41, 5.74) is 3.15. The van der Waals surface area contributed by atoms with Gasteiger partial charge in [0.1, 0.15) is 6.04 Å². The average Bonchev–Trinajstić information content (AvgIpc) is 2.80. The summed E-state index contributed by atoms with van der Waals surface area (Å²) in [5.74, 6) is -0.319. The summed E-state index contributed by atoms with van der Waals surface area (Å²) < 4.78 is 26.4. The van der Waals surface area contributed by atoms with Crippen LogP contribution in [-0.4, -0.2) is 50.5 Å². The SMILES string of the molecule is Cc1ccc(N(CCCC(=O)N(Cc2c(Cl)cccc2Cl)[C@@H](C)C(=O)NCC(C)C)S(C)(=O)=O)cc1C. The summed E-state index contributed by atoms with van der Waals surface area (Å²) >= 11 is 12.7. The highest BCUT2D eigenvalue weighted by molar-refractivity contribution is 7.92. The smallest absolute Gasteiger partial charge is 0.242 e. The van der Waals surface area contributed by atoms with E-state index in [1.807, 2.05) is 39.8 Å². The number of benzene rings is 2. The molecular formula is C27H37Cl2N3O4S. The van der Waals surface area contributed by atoms with Crippen LogP contribution in [0.2, 0.25) is 10.0 Å². The van der Waals surface area contributed by atoms with Gasteiger partial charge < -0.3 is 10.2 Å². The normalized spacial score (nSPS) is 12.4. The second-order valence-electron chi connectivity index (χ2n) is 9.74. The third kappa shape index (κ3) is 8.90. The lowest BCUT2D eigenvalue weighted by atomic mass is 10.1. The molecule has 0 radical (unpaired) electrons. The number of nitrogens with zero attached hydrogens (tertiary/aromatic N) is 2. The third-order valence-corrected chi connectivity index (χ3v) is 8.07. The first-order valence-electron chi connectivity index (χ1n) is 12.3. The van der Waals surface area contributed by atoms with Crippen LogP contribution in [-0.2, 0) is 26.2 Å². The highest BCUT2D eigenvalue weighted by atomic mass is 35.5. The van der Waals surface area contributed by atoms with E-state index in [2.05, 4.69) is 5.32 Å². The van der Waals surface area contributed by atoms with E-state index >= 15 is 0 Å². The van der Waals surface area contributed by atoms with Crippen LogP contribution in [0.4, 0.5) is 5.69 Å². The first-order valence-corrected chi connectivity index (χ1v) is 14.9. The predicted molar refractivity (Wildman–Crippen MR) is 152 cm³/mol. The van der Waals surface area contributed by atoms with E-state index in [9.17, 15) is 18.0 Å². The minimum Gasteiger partial charge on any atom is -0.354 e. The highest BCUT2D eigenvalue weighted by Gasteiger charge is 2.28. The molecule has 1 N–H and O–H groups in total. The van der Waals surface area contributed by atoms with Crippen LogP contribution in [0.5, 0.6) is 0 Å². The summed E-state index contributed by atoms with van der Waals surface area (Å²) in [6.45, 7) is 10.2. The Kier molecular flexibility index (Phi) is 11.3. The lowest BCUT2D eigenvalue weighted by molar-refractivity contribution is -0.140. The van der Waals surface area contributed by atoms with E-state index in [4.69, 9.17) is 23.2 Å². The predicted octanol–water partition coefficient (Wildman–Crippen LogP) is 5.35. The molecule has 2 aromatic rings. The second-order valence-corrected chi connectivity index (χ2v) is 12.5. The molecule has 2 aromatic carbocycles. The Bertz CT molecular complexity index is 1200. The van der Waals surface area contributed by atoms with Crippen LogP contribution in [0.1, 0.15) is 50.3 Å². The maximum absolute atomic E-state index is 13.4. The van der Waals surface area contributed by atoms with Crippen molar-refractivity contribution in [3.05, 3.63) is 63.1 Å². The molecule has 0 bridgehead atoms. The number of nitrogens with one attached hydrogen (secondary N) is 1. The van der Waals surface area contributed by atoms with Crippen molar-refractivity contribution in [2.24, 2.45) is 5.92 Å². The third-order valence-electron chi connectivity index (χ3n) is 6.17. The standard InChI is InChI=1S/C27H37Cl2N3O4S/c1-18(2)16-30-27(34)21(5)31(17-23-24(28)9-7-10-25(23)29)26(33)11-8-14-32(37(6,35)36)22-13-12-19(3)20(4)15-22/h7,9-10,12-13,15,18,21H,8,11,14,16-17H2,1-6H3,(H,30,34)/t21-/m0/s1. The zero-order valence-electron chi connectivity index (χ0n) is 22.3. The largest absolute Gasteiger partial charge is 0.354 e. The molecule has 0 heterocycles. The first-order chi connectivity index (χ1) is 17.2. The molecule has 0 aliphatic carbocycles. The van der Waals surface area contributed by atoms with E-state index in [0.717, 1.165) is 17.4 Å². The maximum Gasteiger partial charge on any atom is 0.242 e. The van der Waals surface area contributed by atoms with Crippen molar-refractivity contribution in [3.63, 3.8) is 0 Å². The van der Waals surface area contributed by atoms with Crippen LogP contribution < -0.4 is 9.62 Å². The van der Waals surface area contributed by atoms with Gasteiger partial charge in [0.25, 0.3) is 0 Å². The second kappa shape index (κ2) is 13.5. The molecule has 0 unspecified atom stereocenters. The Morgan fingerprint density at radius 3 is 2.16 bits per heavy atom. The van der Waals surface area contributed by atoms with Crippen molar-refractivity contribution in [1.29, 1.82) is 0 Å². The summed E-state index contributed by atoms with van der Waals surface area (Å²) in [6, 6.07) is 9.77. The Hall–Kier alpha value is -2.29. The number of amides is 2. The molecule has 2 amide bonds. The van der Waals surface area contributed by atoms with Gasteiger partial charge in [-0.3, -0.25) is 13.9 Å². The number of carbonyl (C=O) groups is 2. The lowest BCUT2D eigenvalue weighted by Gasteiger charge is -2.30. The van der Waals surface area contributed by atoms with Crippen molar-refractivity contribution in [1.82, 2.24) is 10.2 Å². The quantitative estimate of drug-likeness (QED) is 0.373. The fourth-order valence-electron chi connectivity index (χ4n) is 3.77. The average molecular weight is 571 g/mol. The molecule has 0 saturated carbocycles. The molecule has 0 aliphatic heterocycles. The van der Waals surface area contributed by atoms with Crippen molar-refractivity contribution in [2.45, 2.75) is 60.0 Å². The van der Waals surface area contributed by atoms with Gasteiger partial charge in [-0.2, -0.15) is 0 Å². The van der Waals surface area contributed by atoms with Gasteiger partial charge in [0, 0.05) is 41.7 Å². The Labute approximate surface area is 231 Å². The highest BCUT2D eigenvalue weighted by Crippen LogP contribution is 2.27. The fourth-order valence-corrected chi connectivity index (χ4v) is 5.25. The summed E-state index contributed by atoms with van der Waals surface area (Å²) in [5, 5.41) is 3.67. The Balaban J connectivity index is 2.23. The molecule has 0 spiro atoms. The van der Waals surface area contributed by atoms with Crippen LogP contribution in [0.15, 0.2) is 36.4 Å². The van der Waals surface area contributed by atoms with Gasteiger partial charge in [0.15, 0.2) is 0 Å². The minimum atomic E-state index is -3.56. The van der Waals surface area contributed by atoms with Crippen LogP contribution in [0, 0.1) is 19.8 Å². The van der Waals surface area contributed by atoms with E-state index < -0.39 is 16.1 Å². The van der Waals surface area contributed by atoms with Gasteiger partial charge in [-0.15, -0.1) is 0 Å². The molecule has 2 rings (SSSR count). The van der Waals surface area contributed by atoms with Crippen molar-refractivity contribution in [3.8, 4) is 0 Å². The monoisotopic (exact) mass is 569 g/mol. The van der Waals surface area contributed by atoms with Gasteiger partial charge in [0.05, 0.1) is 11.9 Å². The molecule has 0 fully saturated rings. The molecule has 37 heavy (non-hydrogen) atoms. The first kappa shape index (κ1) is 30.9. The molecule has 0 aliphatic rings. The van der Waals surface area contributed by atoms with E-state index in [0.29, 0.717) is 27.8 Å². The van der Waals surface area contributed by atoms with E-state index in [-0.39, 0.29) is 43.7 Å². The molecule has 204 valence electrons. The van der Waals surface area contributed by atoms with Gasteiger partial charge in [0.2, 0.25) is 21.8 Å². The minimum absolute atomic E-state index is 0.0424. The van der Waals surface area contributed by atoms with Crippen LogP contribution in [0.25, 0.3) is 0 Å². The summed E-state index contributed by atoms with van der Waals surface area (Å²) in [7, 11) is -3.56. The van der Waals surface area contributed by atoms with Gasteiger partial charge >= 0.3 is 0 Å². The molecule has 0 saturated heterocycles. The zero-order valence-corrected chi connectivity index (χ0v) is 24.7. The van der Waals surface area contributed by atoms with Crippen molar-refractivity contribution >= 4 is 50.7 Å². The summed E-state index contributed by atoms with van der Waals surface area (Å²) in [6.07, 6.45) is 1.46.